The van der Waals surface area contributed by atoms with Crippen molar-refractivity contribution in [1.82, 2.24) is 5.32 Å². The lowest BCUT2D eigenvalue weighted by atomic mass is 10.1. The fourth-order valence-electron chi connectivity index (χ4n) is 2.25. The molecule has 0 saturated carbocycles. The number of methoxy groups -OCH3 is 3. The van der Waals surface area contributed by atoms with Gasteiger partial charge in [-0.2, -0.15) is 0 Å². The molecule has 1 amide bonds. The highest BCUT2D eigenvalue weighted by Crippen LogP contribution is 2.26. The summed E-state index contributed by atoms with van der Waals surface area (Å²) in [5.41, 5.74) is 0.352. The molecule has 0 heterocycles. The van der Waals surface area contributed by atoms with Gasteiger partial charge in [-0.15, -0.1) is 0 Å². The summed E-state index contributed by atoms with van der Waals surface area (Å²) in [4.78, 5) is 22.9. The number of hydrogen-bond acceptors (Lipinski definition) is 6. The van der Waals surface area contributed by atoms with E-state index >= 15 is 0 Å². The Hall–Kier alpha value is -3.29. The molecule has 0 saturated heterocycles. The van der Waals surface area contributed by atoms with Gasteiger partial charge in [0.15, 0.2) is 0 Å². The van der Waals surface area contributed by atoms with Crippen LogP contribution in [0.2, 0.25) is 0 Å². The normalized spacial score (nSPS) is 10.0. The maximum absolute atomic E-state index is 12.3. The number of carbonyl (C=O) groups is 1. The van der Waals surface area contributed by atoms with E-state index in [1.807, 2.05) is 0 Å². The van der Waals surface area contributed by atoms with Crippen LogP contribution in [0.1, 0.15) is 15.9 Å². The number of rotatable bonds is 7. The molecule has 0 unspecified atom stereocenters. The van der Waals surface area contributed by atoms with Crippen molar-refractivity contribution in [3.05, 3.63) is 57.6 Å². The van der Waals surface area contributed by atoms with Gasteiger partial charge in [-0.3, -0.25) is 14.9 Å². The third kappa shape index (κ3) is 4.17. The molecule has 0 fully saturated rings. The fourth-order valence-corrected chi connectivity index (χ4v) is 2.25. The van der Waals surface area contributed by atoms with E-state index in [2.05, 4.69) is 5.32 Å². The topological polar surface area (TPSA) is 99.9 Å². The standard InChI is InChI=1S/C17H18N2O6/c1-23-12-6-7-14(15(8-12)19(21)22)17(20)18-10-11-4-5-13(24-2)9-16(11)25-3/h4-9H,10H2,1-3H3,(H,18,20). The van der Waals surface area contributed by atoms with Crippen LogP contribution in [0, 0.1) is 10.1 Å². The van der Waals surface area contributed by atoms with E-state index in [1.54, 1.807) is 25.3 Å². The van der Waals surface area contributed by atoms with Crippen LogP contribution in [0.15, 0.2) is 36.4 Å². The zero-order chi connectivity index (χ0) is 18.4. The van der Waals surface area contributed by atoms with Crippen molar-refractivity contribution in [1.29, 1.82) is 0 Å². The van der Waals surface area contributed by atoms with E-state index in [9.17, 15) is 14.9 Å². The van der Waals surface area contributed by atoms with E-state index in [1.165, 1.54) is 32.4 Å². The van der Waals surface area contributed by atoms with E-state index < -0.39 is 10.8 Å². The molecule has 2 aromatic carbocycles. The minimum Gasteiger partial charge on any atom is -0.497 e. The van der Waals surface area contributed by atoms with Gasteiger partial charge in [0.2, 0.25) is 0 Å². The fraction of sp³-hybridized carbons (Fsp3) is 0.235. The Morgan fingerprint density at radius 1 is 1.04 bits per heavy atom. The van der Waals surface area contributed by atoms with Gasteiger partial charge in [-0.1, -0.05) is 0 Å². The summed E-state index contributed by atoms with van der Waals surface area (Å²) in [6.07, 6.45) is 0. The van der Waals surface area contributed by atoms with Gasteiger partial charge in [0.25, 0.3) is 11.6 Å². The van der Waals surface area contributed by atoms with Crippen LogP contribution >= 0.6 is 0 Å². The number of nitro groups is 1. The number of amides is 1. The Morgan fingerprint density at radius 2 is 1.68 bits per heavy atom. The Labute approximate surface area is 144 Å². The lowest BCUT2D eigenvalue weighted by Crippen LogP contribution is -2.24. The van der Waals surface area contributed by atoms with Crippen molar-refractivity contribution in [2.45, 2.75) is 6.54 Å². The molecule has 0 radical (unpaired) electrons. The lowest BCUT2D eigenvalue weighted by Gasteiger charge is -2.11. The highest BCUT2D eigenvalue weighted by molar-refractivity contribution is 5.98. The maximum atomic E-state index is 12.3. The molecule has 0 aliphatic heterocycles. The van der Waals surface area contributed by atoms with E-state index in [-0.39, 0.29) is 17.8 Å². The number of nitro benzene ring substituents is 1. The predicted octanol–water partition coefficient (Wildman–Crippen LogP) is 2.55. The van der Waals surface area contributed by atoms with Gasteiger partial charge in [-0.25, -0.2) is 0 Å². The third-order valence-electron chi connectivity index (χ3n) is 3.58. The first kappa shape index (κ1) is 18.1. The first-order valence-corrected chi connectivity index (χ1v) is 7.31. The summed E-state index contributed by atoms with van der Waals surface area (Å²) in [5.74, 6) is 0.911. The van der Waals surface area contributed by atoms with Crippen LogP contribution in [-0.4, -0.2) is 32.2 Å². The van der Waals surface area contributed by atoms with Crippen molar-refractivity contribution in [3.8, 4) is 17.2 Å². The number of benzene rings is 2. The molecule has 0 bridgehead atoms. The Morgan fingerprint density at radius 3 is 2.28 bits per heavy atom. The Kier molecular flexibility index (Phi) is 5.78. The van der Waals surface area contributed by atoms with Crippen LogP contribution in [0.4, 0.5) is 5.69 Å². The van der Waals surface area contributed by atoms with Crippen LogP contribution in [0.5, 0.6) is 17.2 Å². The molecule has 0 spiro atoms. The number of ether oxygens (including phenoxy) is 3. The largest absolute Gasteiger partial charge is 0.497 e. The van der Waals surface area contributed by atoms with Gasteiger partial charge in [0, 0.05) is 18.2 Å². The van der Waals surface area contributed by atoms with Gasteiger partial charge in [-0.05, 0) is 24.3 Å². The van der Waals surface area contributed by atoms with Gasteiger partial charge in [0.05, 0.1) is 32.3 Å². The summed E-state index contributed by atoms with van der Waals surface area (Å²) in [6.45, 7) is 0.148. The maximum Gasteiger partial charge on any atom is 0.285 e. The number of hydrogen-bond donors (Lipinski definition) is 1. The summed E-state index contributed by atoms with van der Waals surface area (Å²) in [6, 6.07) is 9.24. The quantitative estimate of drug-likeness (QED) is 0.611. The highest BCUT2D eigenvalue weighted by Gasteiger charge is 2.21. The molecule has 132 valence electrons. The minimum absolute atomic E-state index is 0.0433. The number of nitrogens with one attached hydrogen (secondary N) is 1. The third-order valence-corrected chi connectivity index (χ3v) is 3.58. The molecule has 2 rings (SSSR count). The summed E-state index contributed by atoms with van der Waals surface area (Å²) in [5, 5.41) is 13.8. The van der Waals surface area contributed by atoms with Crippen molar-refractivity contribution < 1.29 is 23.9 Å². The average Bonchev–Trinajstić information content (AvgIpc) is 2.65. The van der Waals surface area contributed by atoms with E-state index in [0.29, 0.717) is 22.8 Å². The van der Waals surface area contributed by atoms with Gasteiger partial charge < -0.3 is 19.5 Å². The zero-order valence-corrected chi connectivity index (χ0v) is 14.1. The molecule has 2 aromatic rings. The van der Waals surface area contributed by atoms with Crippen LogP contribution < -0.4 is 19.5 Å². The van der Waals surface area contributed by atoms with E-state index in [0.717, 1.165) is 0 Å². The second-order valence-corrected chi connectivity index (χ2v) is 5.00. The molecule has 0 aromatic heterocycles. The zero-order valence-electron chi connectivity index (χ0n) is 14.1. The average molecular weight is 346 g/mol. The van der Waals surface area contributed by atoms with Crippen molar-refractivity contribution in [3.63, 3.8) is 0 Å². The molecule has 8 heteroatoms. The monoisotopic (exact) mass is 346 g/mol. The second-order valence-electron chi connectivity index (χ2n) is 5.00. The molecular weight excluding hydrogens is 328 g/mol. The number of nitrogens with zero attached hydrogens (tertiary/aromatic N) is 1. The summed E-state index contributed by atoms with van der Waals surface area (Å²) < 4.78 is 15.3. The van der Waals surface area contributed by atoms with Crippen molar-refractivity contribution >= 4 is 11.6 Å². The molecule has 0 aliphatic carbocycles. The highest BCUT2D eigenvalue weighted by atomic mass is 16.6. The molecule has 0 atom stereocenters. The van der Waals surface area contributed by atoms with Crippen molar-refractivity contribution in [2.75, 3.05) is 21.3 Å². The summed E-state index contributed by atoms with van der Waals surface area (Å²) >= 11 is 0. The lowest BCUT2D eigenvalue weighted by molar-refractivity contribution is -0.385. The number of carbonyl (C=O) groups excluding carboxylic acids is 1. The first-order chi connectivity index (χ1) is 12.0. The SMILES string of the molecule is COc1ccc(CNC(=O)c2ccc(OC)cc2[N+](=O)[O-])c(OC)c1. The van der Waals surface area contributed by atoms with Gasteiger partial charge in [0.1, 0.15) is 22.8 Å². The summed E-state index contributed by atoms with van der Waals surface area (Å²) in [7, 11) is 4.45. The first-order valence-electron chi connectivity index (χ1n) is 7.31. The molecule has 8 nitrogen and oxygen atoms in total. The smallest absolute Gasteiger partial charge is 0.285 e. The second kappa shape index (κ2) is 8.00. The molecule has 25 heavy (non-hydrogen) atoms. The molecular formula is C17H18N2O6. The Bertz CT molecular complexity index is 791. The van der Waals surface area contributed by atoms with Crippen LogP contribution in [-0.2, 0) is 6.54 Å². The Balaban J connectivity index is 2.19. The predicted molar refractivity (Wildman–Crippen MR) is 90.4 cm³/mol. The van der Waals surface area contributed by atoms with Crippen molar-refractivity contribution in [2.24, 2.45) is 0 Å². The molecule has 1 N–H and O–H groups in total. The van der Waals surface area contributed by atoms with Gasteiger partial charge >= 0.3 is 0 Å². The van der Waals surface area contributed by atoms with E-state index in [4.69, 9.17) is 14.2 Å². The molecule has 0 aliphatic rings. The van der Waals surface area contributed by atoms with Crippen LogP contribution in [0.3, 0.4) is 0 Å². The van der Waals surface area contributed by atoms with Crippen LogP contribution in [0.25, 0.3) is 0 Å². The minimum atomic E-state index is -0.620.